The first kappa shape index (κ1) is 18.3. The first-order chi connectivity index (χ1) is 11.8. The van der Waals surface area contributed by atoms with Crippen LogP contribution in [0.25, 0.3) is 0 Å². The van der Waals surface area contributed by atoms with Crippen LogP contribution in [0.1, 0.15) is 18.4 Å². The molecule has 25 heavy (non-hydrogen) atoms. The number of nitrogens with zero attached hydrogens (tertiary/aromatic N) is 2. The molecule has 1 heterocycles. The zero-order valence-electron chi connectivity index (χ0n) is 13.0. The van der Waals surface area contributed by atoms with Crippen LogP contribution in [0.3, 0.4) is 0 Å². The quantitative estimate of drug-likeness (QED) is 0.432. The summed E-state index contributed by atoms with van der Waals surface area (Å²) in [6.07, 6.45) is -2.46. The number of carbonyl (C=O) groups excluding carboxylic acids is 2. The number of ether oxygens (including phenoxy) is 1. The maximum atomic E-state index is 12.2. The Bertz CT molecular complexity index is 689. The second kappa shape index (κ2) is 7.26. The number of rotatable bonds is 6. The number of aliphatic hydroxyl groups excluding tert-OH is 1. The Morgan fingerprint density at radius 3 is 2.56 bits per heavy atom. The number of hydrogen-bond donors (Lipinski definition) is 2. The van der Waals surface area contributed by atoms with Crippen molar-refractivity contribution >= 4 is 24.0 Å². The first-order valence-corrected chi connectivity index (χ1v) is 7.31. The van der Waals surface area contributed by atoms with E-state index in [9.17, 15) is 29.6 Å². The molecule has 0 bridgehead atoms. The van der Waals surface area contributed by atoms with E-state index >= 15 is 0 Å². The fourth-order valence-corrected chi connectivity index (χ4v) is 2.75. The van der Waals surface area contributed by atoms with Crippen molar-refractivity contribution in [2.45, 2.75) is 31.1 Å². The van der Waals surface area contributed by atoms with Crippen LogP contribution in [-0.4, -0.2) is 56.6 Å². The zero-order valence-corrected chi connectivity index (χ0v) is 13.0. The summed E-state index contributed by atoms with van der Waals surface area (Å²) >= 11 is 0. The third kappa shape index (κ3) is 4.10. The summed E-state index contributed by atoms with van der Waals surface area (Å²) in [6, 6.07) is 5.33. The molecule has 2 N–H and O–H groups in total. The molecule has 2 atom stereocenters. The van der Waals surface area contributed by atoms with Gasteiger partial charge in [-0.15, -0.1) is 0 Å². The van der Waals surface area contributed by atoms with Crippen LogP contribution in [0.4, 0.5) is 10.5 Å². The number of carboxylic acids is 1. The lowest BCUT2D eigenvalue weighted by atomic mass is 9.93. The number of β-amino-alcohol motifs (C(OH)–C–C–N with tert-alkyl or cyclic N) is 1. The number of carboxylic acid groups (broad SMARTS) is 1. The predicted molar refractivity (Wildman–Crippen MR) is 81.7 cm³/mol. The van der Waals surface area contributed by atoms with Gasteiger partial charge in [-0.2, -0.15) is 0 Å². The van der Waals surface area contributed by atoms with Crippen LogP contribution in [0.5, 0.6) is 0 Å². The van der Waals surface area contributed by atoms with E-state index in [1.165, 1.54) is 24.3 Å². The Balaban J connectivity index is 2.06. The highest BCUT2D eigenvalue weighted by Crippen LogP contribution is 2.32. The summed E-state index contributed by atoms with van der Waals surface area (Å²) in [5, 5.41) is 29.3. The van der Waals surface area contributed by atoms with Gasteiger partial charge in [-0.05, 0) is 17.7 Å². The van der Waals surface area contributed by atoms with Gasteiger partial charge in [0.2, 0.25) is 0 Å². The largest absolute Gasteiger partial charge is 0.481 e. The molecule has 0 unspecified atom stereocenters. The molecule has 0 aromatic heterocycles. The van der Waals surface area contributed by atoms with E-state index in [4.69, 9.17) is 9.84 Å². The maximum absolute atomic E-state index is 12.2. The van der Waals surface area contributed by atoms with Gasteiger partial charge in [0.15, 0.2) is 0 Å². The molecule has 0 saturated carbocycles. The minimum atomic E-state index is -1.65. The molecule has 1 amide bonds. The average molecular weight is 352 g/mol. The summed E-state index contributed by atoms with van der Waals surface area (Å²) < 4.78 is 5.05. The van der Waals surface area contributed by atoms with Crippen LogP contribution in [0.2, 0.25) is 0 Å². The van der Waals surface area contributed by atoms with E-state index in [1.54, 1.807) is 0 Å². The highest BCUT2D eigenvalue weighted by atomic mass is 16.6. The van der Waals surface area contributed by atoms with Gasteiger partial charge in [0.05, 0.1) is 24.0 Å². The molecule has 1 aliphatic heterocycles. The second-order valence-corrected chi connectivity index (χ2v) is 5.74. The fourth-order valence-electron chi connectivity index (χ4n) is 2.75. The Morgan fingerprint density at radius 1 is 1.40 bits per heavy atom. The van der Waals surface area contributed by atoms with Crippen molar-refractivity contribution in [2.24, 2.45) is 0 Å². The lowest BCUT2D eigenvalue weighted by molar-refractivity contribution is -0.384. The van der Waals surface area contributed by atoms with E-state index in [0.717, 1.165) is 4.90 Å². The fraction of sp³-hybridized carbons (Fsp3) is 0.400. The molecule has 10 nitrogen and oxygen atoms in total. The average Bonchev–Trinajstić information content (AvgIpc) is 2.89. The first-order valence-electron chi connectivity index (χ1n) is 7.31. The van der Waals surface area contributed by atoms with Crippen molar-refractivity contribution in [1.29, 1.82) is 0 Å². The van der Waals surface area contributed by atoms with Gasteiger partial charge in [-0.25, -0.2) is 4.79 Å². The number of likely N-dealkylation sites (tertiary alicyclic amines) is 1. The summed E-state index contributed by atoms with van der Waals surface area (Å²) in [5.41, 5.74) is -1.29. The number of nitro benzene ring substituents is 1. The molecule has 0 aliphatic carbocycles. The van der Waals surface area contributed by atoms with Crippen LogP contribution in [-0.2, 0) is 20.9 Å². The number of aldehydes is 1. The molecule has 10 heteroatoms. The smallest absolute Gasteiger partial charge is 0.411 e. The molecule has 1 fully saturated rings. The van der Waals surface area contributed by atoms with Crippen molar-refractivity contribution in [1.82, 2.24) is 4.90 Å². The summed E-state index contributed by atoms with van der Waals surface area (Å²) in [4.78, 5) is 45.6. The van der Waals surface area contributed by atoms with Crippen LogP contribution < -0.4 is 0 Å². The SMILES string of the molecule is O=C[C@]1(CC(=O)O)C[C@@H](O)CN1C(=O)OCc1ccc([N+](=O)[O-])cc1. The molecule has 1 aromatic carbocycles. The van der Waals surface area contributed by atoms with E-state index in [0.29, 0.717) is 11.8 Å². The number of aliphatic carboxylic acids is 1. The molecule has 0 radical (unpaired) electrons. The molecule has 1 aromatic rings. The van der Waals surface area contributed by atoms with Gasteiger partial charge in [0.25, 0.3) is 5.69 Å². The molecule has 2 rings (SSSR count). The maximum Gasteiger partial charge on any atom is 0.411 e. The topological polar surface area (TPSA) is 147 Å². The van der Waals surface area contributed by atoms with Gasteiger partial charge >= 0.3 is 12.1 Å². The minimum Gasteiger partial charge on any atom is -0.481 e. The number of nitro groups is 1. The van der Waals surface area contributed by atoms with Gasteiger partial charge in [-0.3, -0.25) is 19.8 Å². The van der Waals surface area contributed by atoms with Crippen LogP contribution in [0.15, 0.2) is 24.3 Å². The summed E-state index contributed by atoms with van der Waals surface area (Å²) in [5.74, 6) is -1.28. The van der Waals surface area contributed by atoms with Gasteiger partial charge in [0, 0.05) is 18.6 Å². The lowest BCUT2D eigenvalue weighted by Gasteiger charge is -2.31. The number of hydrogen-bond acceptors (Lipinski definition) is 7. The number of aliphatic hydroxyl groups is 1. The normalized spacial score (nSPS) is 22.4. The molecule has 0 spiro atoms. The van der Waals surface area contributed by atoms with Crippen molar-refractivity contribution < 1.29 is 34.3 Å². The van der Waals surface area contributed by atoms with Crippen molar-refractivity contribution in [3.8, 4) is 0 Å². The molecular weight excluding hydrogens is 336 g/mol. The van der Waals surface area contributed by atoms with E-state index in [-0.39, 0.29) is 25.3 Å². The third-order valence-electron chi connectivity index (χ3n) is 3.93. The molecule has 1 aliphatic rings. The zero-order chi connectivity index (χ0) is 18.6. The Hall–Kier alpha value is -3.01. The van der Waals surface area contributed by atoms with Crippen LogP contribution >= 0.6 is 0 Å². The van der Waals surface area contributed by atoms with Gasteiger partial charge in [0.1, 0.15) is 18.4 Å². The van der Waals surface area contributed by atoms with E-state index < -0.39 is 35.0 Å². The van der Waals surface area contributed by atoms with E-state index in [2.05, 4.69) is 0 Å². The highest BCUT2D eigenvalue weighted by Gasteiger charge is 2.50. The van der Waals surface area contributed by atoms with Crippen molar-refractivity contribution in [3.63, 3.8) is 0 Å². The predicted octanol–water partition coefficient (Wildman–Crippen LogP) is 0.710. The Labute approximate surface area is 141 Å². The van der Waals surface area contributed by atoms with Crippen molar-refractivity contribution in [3.05, 3.63) is 39.9 Å². The highest BCUT2D eigenvalue weighted by molar-refractivity contribution is 5.83. The minimum absolute atomic E-state index is 0.112. The summed E-state index contributed by atoms with van der Waals surface area (Å²) in [6.45, 7) is -0.434. The number of amides is 1. The molecular formula is C15H16N2O8. The number of benzene rings is 1. The van der Waals surface area contributed by atoms with Crippen LogP contribution in [0, 0.1) is 10.1 Å². The van der Waals surface area contributed by atoms with Crippen molar-refractivity contribution in [2.75, 3.05) is 6.54 Å². The molecule has 1 saturated heterocycles. The summed E-state index contributed by atoms with van der Waals surface area (Å²) in [7, 11) is 0. The molecule has 134 valence electrons. The Morgan fingerprint density at radius 2 is 2.04 bits per heavy atom. The third-order valence-corrected chi connectivity index (χ3v) is 3.93. The van der Waals surface area contributed by atoms with E-state index in [1.807, 2.05) is 0 Å². The van der Waals surface area contributed by atoms with Gasteiger partial charge in [-0.1, -0.05) is 0 Å². The standard InChI is InChI=1S/C15H16N2O8/c18-9-15(6-13(20)21)5-12(19)7-16(15)14(22)25-8-10-1-3-11(4-2-10)17(23)24/h1-4,9,12,19H,5-8H2,(H,20,21)/t12-,15-/m1/s1. The second-order valence-electron chi connectivity index (χ2n) is 5.74. The number of carbonyl (C=O) groups is 3. The number of non-ortho nitro benzene ring substituents is 1. The monoisotopic (exact) mass is 352 g/mol. The lowest BCUT2D eigenvalue weighted by Crippen LogP contribution is -2.50. The van der Waals surface area contributed by atoms with Gasteiger partial charge < -0.3 is 19.7 Å². The Kier molecular flexibility index (Phi) is 5.32.